The van der Waals surface area contributed by atoms with Crippen molar-refractivity contribution in [2.75, 3.05) is 0 Å². The second kappa shape index (κ2) is 8.62. The third-order valence-corrected chi connectivity index (χ3v) is 4.65. The summed E-state index contributed by atoms with van der Waals surface area (Å²) in [6.07, 6.45) is 4.39. The number of carbonyl (C=O) groups is 2. The zero-order valence-corrected chi connectivity index (χ0v) is 15.2. The molecule has 140 valence electrons. The summed E-state index contributed by atoms with van der Waals surface area (Å²) in [6, 6.07) is 14.1. The summed E-state index contributed by atoms with van der Waals surface area (Å²) in [5, 5.41) is 2.96. The lowest BCUT2D eigenvalue weighted by molar-refractivity contribution is -0.150. The molecule has 1 amide bonds. The van der Waals surface area contributed by atoms with E-state index in [2.05, 4.69) is 11.4 Å². The third kappa shape index (κ3) is 4.82. The van der Waals surface area contributed by atoms with Crippen LogP contribution in [0.5, 0.6) is 0 Å². The van der Waals surface area contributed by atoms with E-state index in [1.807, 2.05) is 18.2 Å². The van der Waals surface area contributed by atoms with Crippen molar-refractivity contribution in [2.45, 2.75) is 38.3 Å². The highest BCUT2D eigenvalue weighted by atomic mass is 19.1. The average Bonchev–Trinajstić information content (AvgIpc) is 2.67. The smallest absolute Gasteiger partial charge is 0.331 e. The van der Waals surface area contributed by atoms with Crippen LogP contribution in [0.15, 0.2) is 54.6 Å². The molecule has 0 fully saturated rings. The lowest BCUT2D eigenvalue weighted by atomic mass is 9.87. The number of hydrogen-bond acceptors (Lipinski definition) is 3. The monoisotopic (exact) mass is 367 g/mol. The Hall–Kier alpha value is -2.95. The predicted molar refractivity (Wildman–Crippen MR) is 101 cm³/mol. The van der Waals surface area contributed by atoms with E-state index in [-0.39, 0.29) is 17.5 Å². The van der Waals surface area contributed by atoms with Gasteiger partial charge in [-0.05, 0) is 49.5 Å². The largest absolute Gasteiger partial charge is 0.449 e. The van der Waals surface area contributed by atoms with Crippen LogP contribution in [-0.2, 0) is 20.7 Å². The van der Waals surface area contributed by atoms with E-state index in [1.54, 1.807) is 18.2 Å². The van der Waals surface area contributed by atoms with Gasteiger partial charge < -0.3 is 10.1 Å². The molecule has 5 heteroatoms. The molecule has 1 N–H and O–H groups in total. The van der Waals surface area contributed by atoms with Gasteiger partial charge in [-0.2, -0.15) is 0 Å². The molecule has 0 saturated carbocycles. The molecule has 0 heterocycles. The molecule has 27 heavy (non-hydrogen) atoms. The van der Waals surface area contributed by atoms with Crippen molar-refractivity contribution in [1.82, 2.24) is 5.32 Å². The topological polar surface area (TPSA) is 55.4 Å². The number of aryl methyl sites for hydroxylation is 1. The van der Waals surface area contributed by atoms with Crippen LogP contribution in [0, 0.1) is 5.82 Å². The Balaban J connectivity index is 1.57. The highest BCUT2D eigenvalue weighted by molar-refractivity contribution is 5.90. The Morgan fingerprint density at radius 1 is 1.19 bits per heavy atom. The summed E-state index contributed by atoms with van der Waals surface area (Å²) in [7, 11) is 0. The number of hydrogen-bond donors (Lipinski definition) is 1. The van der Waals surface area contributed by atoms with Gasteiger partial charge in [0.2, 0.25) is 0 Å². The Bertz CT molecular complexity index is 862. The normalized spacial score (nSPS) is 17.2. The summed E-state index contributed by atoms with van der Waals surface area (Å²) in [5.41, 5.74) is 2.65. The first-order valence-electron chi connectivity index (χ1n) is 9.06. The molecule has 0 spiro atoms. The van der Waals surface area contributed by atoms with Gasteiger partial charge in [0.05, 0.1) is 6.04 Å². The van der Waals surface area contributed by atoms with Crippen LogP contribution in [0.4, 0.5) is 4.39 Å². The maximum Gasteiger partial charge on any atom is 0.331 e. The number of esters is 1. The number of amides is 1. The van der Waals surface area contributed by atoms with E-state index in [0.29, 0.717) is 0 Å². The Kier molecular flexibility index (Phi) is 6.01. The minimum Gasteiger partial charge on any atom is -0.449 e. The summed E-state index contributed by atoms with van der Waals surface area (Å²) in [6.45, 7) is 1.53. The van der Waals surface area contributed by atoms with Crippen molar-refractivity contribution in [3.05, 3.63) is 77.1 Å². The summed E-state index contributed by atoms with van der Waals surface area (Å²) in [5.74, 6) is -1.46. The van der Waals surface area contributed by atoms with Gasteiger partial charge in [-0.25, -0.2) is 9.18 Å². The van der Waals surface area contributed by atoms with Gasteiger partial charge in [-0.3, -0.25) is 4.79 Å². The van der Waals surface area contributed by atoms with E-state index < -0.39 is 17.9 Å². The summed E-state index contributed by atoms with van der Waals surface area (Å²) >= 11 is 0. The van der Waals surface area contributed by atoms with Crippen molar-refractivity contribution in [3.8, 4) is 0 Å². The van der Waals surface area contributed by atoms with E-state index in [4.69, 9.17) is 4.74 Å². The number of rotatable bonds is 5. The zero-order valence-electron chi connectivity index (χ0n) is 15.2. The van der Waals surface area contributed by atoms with Crippen molar-refractivity contribution >= 4 is 18.0 Å². The molecule has 3 rings (SSSR count). The summed E-state index contributed by atoms with van der Waals surface area (Å²) in [4.78, 5) is 24.3. The number of benzene rings is 2. The number of halogens is 1. The van der Waals surface area contributed by atoms with E-state index in [0.717, 1.165) is 30.9 Å². The summed E-state index contributed by atoms with van der Waals surface area (Å²) < 4.78 is 18.7. The van der Waals surface area contributed by atoms with E-state index in [1.165, 1.54) is 24.6 Å². The van der Waals surface area contributed by atoms with Gasteiger partial charge >= 0.3 is 5.97 Å². The van der Waals surface area contributed by atoms with Gasteiger partial charge in [0.15, 0.2) is 6.10 Å². The molecule has 0 aromatic heterocycles. The van der Waals surface area contributed by atoms with Crippen LogP contribution in [0.25, 0.3) is 6.08 Å². The van der Waals surface area contributed by atoms with Gasteiger partial charge in [0.25, 0.3) is 5.91 Å². The Morgan fingerprint density at radius 3 is 2.74 bits per heavy atom. The molecule has 1 aliphatic rings. The minimum atomic E-state index is -0.933. The number of nitrogens with one attached hydrogen (secondary N) is 1. The molecule has 0 radical (unpaired) electrons. The fourth-order valence-electron chi connectivity index (χ4n) is 3.23. The standard InChI is InChI=1S/C22H22FNO3/c1-15(27-21(25)14-13-17-8-3-5-11-19(17)23)22(26)24-20-12-6-9-16-7-2-4-10-18(16)20/h2-5,7-8,10-11,13-15,20H,6,9,12H2,1H3,(H,24,26)/b14-13+/t15-,20-/m1/s1. The zero-order chi connectivity index (χ0) is 19.2. The van der Waals surface area contributed by atoms with Crippen molar-refractivity contribution in [3.63, 3.8) is 0 Å². The third-order valence-electron chi connectivity index (χ3n) is 4.65. The van der Waals surface area contributed by atoms with Crippen LogP contribution < -0.4 is 5.32 Å². The first-order valence-corrected chi connectivity index (χ1v) is 9.06. The fraction of sp³-hybridized carbons (Fsp3) is 0.273. The van der Waals surface area contributed by atoms with E-state index >= 15 is 0 Å². The van der Waals surface area contributed by atoms with Crippen LogP contribution >= 0.6 is 0 Å². The first kappa shape index (κ1) is 18.8. The minimum absolute atomic E-state index is 0.0717. The molecule has 2 aromatic rings. The lowest BCUT2D eigenvalue weighted by Gasteiger charge is -2.27. The lowest BCUT2D eigenvalue weighted by Crippen LogP contribution is -2.39. The molecular weight excluding hydrogens is 345 g/mol. The second-order valence-electron chi connectivity index (χ2n) is 6.59. The van der Waals surface area contributed by atoms with E-state index in [9.17, 15) is 14.0 Å². The number of ether oxygens (including phenoxy) is 1. The van der Waals surface area contributed by atoms with Crippen LogP contribution in [0.2, 0.25) is 0 Å². The van der Waals surface area contributed by atoms with Crippen LogP contribution in [0.3, 0.4) is 0 Å². The Labute approximate surface area is 158 Å². The SMILES string of the molecule is C[C@@H](OC(=O)/C=C/c1ccccc1F)C(=O)N[C@@H]1CCCc2ccccc21. The quantitative estimate of drug-likeness (QED) is 0.643. The van der Waals surface area contributed by atoms with Crippen LogP contribution in [-0.4, -0.2) is 18.0 Å². The molecule has 0 saturated heterocycles. The van der Waals surface area contributed by atoms with Gasteiger partial charge in [-0.1, -0.05) is 42.5 Å². The molecule has 2 atom stereocenters. The molecule has 0 unspecified atom stereocenters. The molecular formula is C22H22FNO3. The average molecular weight is 367 g/mol. The number of carbonyl (C=O) groups excluding carboxylic acids is 2. The maximum atomic E-state index is 13.5. The molecule has 2 aromatic carbocycles. The molecule has 4 nitrogen and oxygen atoms in total. The van der Waals surface area contributed by atoms with Crippen molar-refractivity contribution in [2.24, 2.45) is 0 Å². The van der Waals surface area contributed by atoms with Gasteiger partial charge in [0.1, 0.15) is 5.82 Å². The van der Waals surface area contributed by atoms with Crippen molar-refractivity contribution in [1.29, 1.82) is 0 Å². The first-order chi connectivity index (χ1) is 13.0. The Morgan fingerprint density at radius 2 is 1.93 bits per heavy atom. The number of fused-ring (bicyclic) bond motifs is 1. The van der Waals surface area contributed by atoms with Crippen LogP contribution in [0.1, 0.15) is 42.5 Å². The maximum absolute atomic E-state index is 13.5. The highest BCUT2D eigenvalue weighted by Crippen LogP contribution is 2.29. The predicted octanol–water partition coefficient (Wildman–Crippen LogP) is 3.96. The fourth-order valence-corrected chi connectivity index (χ4v) is 3.23. The van der Waals surface area contributed by atoms with Crippen molar-refractivity contribution < 1.29 is 18.7 Å². The highest BCUT2D eigenvalue weighted by Gasteiger charge is 2.24. The molecule has 0 bridgehead atoms. The van der Waals surface area contributed by atoms with Gasteiger partial charge in [-0.15, -0.1) is 0 Å². The molecule has 1 aliphatic carbocycles. The second-order valence-corrected chi connectivity index (χ2v) is 6.59. The van der Waals surface area contributed by atoms with Gasteiger partial charge in [0, 0.05) is 11.6 Å². The molecule has 0 aliphatic heterocycles.